The van der Waals surface area contributed by atoms with E-state index < -0.39 is 30.1 Å². The fraction of sp³-hybridized carbons (Fsp3) is 0.167. The molecule has 6 rings (SSSR count). The highest BCUT2D eigenvalue weighted by atomic mass is 19.4. The van der Waals surface area contributed by atoms with E-state index in [9.17, 15) is 27.6 Å². The van der Waals surface area contributed by atoms with Gasteiger partial charge in [-0.25, -0.2) is 0 Å². The highest BCUT2D eigenvalue weighted by Gasteiger charge is 2.31. The molecular weight excluding hydrogens is 607 g/mol. The number of carbonyl (C=O) groups excluding carboxylic acids is 3. The Kier molecular flexibility index (Phi) is 8.75. The summed E-state index contributed by atoms with van der Waals surface area (Å²) in [5.41, 5.74) is 3.46. The maximum absolute atomic E-state index is 13.4. The number of alkyl halides is 3. The van der Waals surface area contributed by atoms with Gasteiger partial charge in [0.25, 0.3) is 11.8 Å². The molecule has 0 unspecified atom stereocenters. The molecule has 0 radical (unpaired) electrons. The molecule has 1 aliphatic rings. The number of nitrogens with zero attached hydrogens (tertiary/aromatic N) is 2. The quantitative estimate of drug-likeness (QED) is 0.217. The smallest absolute Gasteiger partial charge is 0.350 e. The number of carbonyl (C=O) groups is 3. The molecule has 1 atom stereocenters. The van der Waals surface area contributed by atoms with Crippen molar-refractivity contribution < 1.29 is 27.6 Å². The summed E-state index contributed by atoms with van der Waals surface area (Å²) in [5, 5.41) is 13.1. The standard InChI is InChI=1S/C36H28F3N5O3/c37-36(38,39)27-11-6-10-25(19-27)34(46)40-21-33(45)41-28-17-18-44(22-28)35(47)26-14-16-32-30(20-26)31(42-43-32)15-13-24-9-4-5-12-29(24)23-7-2-1-3-8-23/h1-12,14,16,19-20,28H,17-18,21-22H2,(H,40,46)(H,41,45)(H,42,43)/t28-/m1/s1. The number of likely N-dealkylation sites (tertiary alicyclic amines) is 1. The molecule has 11 heteroatoms. The monoisotopic (exact) mass is 635 g/mol. The van der Waals surface area contributed by atoms with E-state index in [1.165, 1.54) is 6.07 Å². The van der Waals surface area contributed by atoms with Gasteiger partial charge in [0.05, 0.1) is 17.6 Å². The van der Waals surface area contributed by atoms with Gasteiger partial charge in [-0.15, -0.1) is 0 Å². The molecule has 2 heterocycles. The molecule has 8 nitrogen and oxygen atoms in total. The first kappa shape index (κ1) is 31.1. The lowest BCUT2D eigenvalue weighted by Gasteiger charge is -2.17. The summed E-state index contributed by atoms with van der Waals surface area (Å²) in [7, 11) is 0. The van der Waals surface area contributed by atoms with Gasteiger partial charge < -0.3 is 15.5 Å². The highest BCUT2D eigenvalue weighted by Crippen LogP contribution is 2.29. The van der Waals surface area contributed by atoms with Crippen molar-refractivity contribution in [3.05, 3.63) is 125 Å². The lowest BCUT2D eigenvalue weighted by Crippen LogP contribution is -2.43. The number of hydrogen-bond acceptors (Lipinski definition) is 4. The maximum Gasteiger partial charge on any atom is 0.416 e. The van der Waals surface area contributed by atoms with Gasteiger partial charge in [-0.05, 0) is 65.9 Å². The van der Waals surface area contributed by atoms with Crippen molar-refractivity contribution in [3.63, 3.8) is 0 Å². The number of hydrogen-bond donors (Lipinski definition) is 3. The summed E-state index contributed by atoms with van der Waals surface area (Å²) in [6, 6.07) is 26.7. The van der Waals surface area contributed by atoms with Crippen LogP contribution in [0, 0.1) is 11.8 Å². The molecule has 5 aromatic rings. The molecule has 236 valence electrons. The lowest BCUT2D eigenvalue weighted by molar-refractivity contribution is -0.137. The molecule has 0 spiro atoms. The number of nitrogens with one attached hydrogen (secondary N) is 3. The van der Waals surface area contributed by atoms with Crippen LogP contribution in [-0.2, 0) is 11.0 Å². The van der Waals surface area contributed by atoms with Crippen LogP contribution in [0.25, 0.3) is 22.0 Å². The van der Waals surface area contributed by atoms with E-state index in [-0.39, 0.29) is 24.1 Å². The first-order valence-electron chi connectivity index (χ1n) is 14.8. The first-order valence-corrected chi connectivity index (χ1v) is 14.8. The van der Waals surface area contributed by atoms with Crippen molar-refractivity contribution >= 4 is 28.6 Å². The predicted octanol–water partition coefficient (Wildman–Crippen LogP) is 5.41. The molecule has 0 aliphatic carbocycles. The van der Waals surface area contributed by atoms with E-state index in [0.717, 1.165) is 34.9 Å². The lowest BCUT2D eigenvalue weighted by atomic mass is 10.00. The number of rotatable bonds is 6. The highest BCUT2D eigenvalue weighted by molar-refractivity contribution is 5.99. The van der Waals surface area contributed by atoms with Gasteiger partial charge >= 0.3 is 6.18 Å². The van der Waals surface area contributed by atoms with Crippen molar-refractivity contribution in [2.75, 3.05) is 19.6 Å². The van der Waals surface area contributed by atoms with E-state index in [1.54, 1.807) is 23.1 Å². The van der Waals surface area contributed by atoms with Gasteiger partial charge in [0, 0.05) is 41.2 Å². The summed E-state index contributed by atoms with van der Waals surface area (Å²) in [5.74, 6) is 4.90. The summed E-state index contributed by atoms with van der Waals surface area (Å²) >= 11 is 0. The Morgan fingerprint density at radius 3 is 2.49 bits per heavy atom. The fourth-order valence-corrected chi connectivity index (χ4v) is 5.45. The van der Waals surface area contributed by atoms with Crippen molar-refractivity contribution in [3.8, 4) is 23.0 Å². The van der Waals surface area contributed by atoms with Gasteiger partial charge in [0.1, 0.15) is 5.69 Å². The third kappa shape index (κ3) is 7.17. The zero-order chi connectivity index (χ0) is 33.0. The Hall–Kier alpha value is -5.89. The molecule has 1 aromatic heterocycles. The minimum atomic E-state index is -4.59. The molecular formula is C36H28F3N5O3. The van der Waals surface area contributed by atoms with E-state index in [0.29, 0.717) is 35.1 Å². The van der Waals surface area contributed by atoms with Gasteiger partial charge in [-0.2, -0.15) is 18.3 Å². The van der Waals surface area contributed by atoms with Gasteiger partial charge in [0.15, 0.2) is 0 Å². The van der Waals surface area contributed by atoms with E-state index in [2.05, 4.69) is 32.7 Å². The second-order valence-electron chi connectivity index (χ2n) is 11.1. The van der Waals surface area contributed by atoms with Crippen LogP contribution in [0.5, 0.6) is 0 Å². The SMILES string of the molecule is O=C(CNC(=O)c1cccc(C(F)(F)F)c1)N[C@@H]1CCN(C(=O)c2ccc3n[nH]c(C#Cc4ccccc4-c4ccccc4)c3c2)C1. The molecule has 47 heavy (non-hydrogen) atoms. The van der Waals surface area contributed by atoms with Crippen molar-refractivity contribution in [1.82, 2.24) is 25.7 Å². The molecule has 1 aliphatic heterocycles. The minimum absolute atomic E-state index is 0.203. The van der Waals surface area contributed by atoms with E-state index in [4.69, 9.17) is 0 Å². The zero-order valence-corrected chi connectivity index (χ0v) is 24.9. The number of benzene rings is 4. The van der Waals surface area contributed by atoms with Crippen LogP contribution in [0.1, 0.15) is 44.0 Å². The zero-order valence-electron chi connectivity index (χ0n) is 24.9. The van der Waals surface area contributed by atoms with Crippen LogP contribution < -0.4 is 10.6 Å². The number of amides is 3. The second-order valence-corrected chi connectivity index (χ2v) is 11.1. The van der Waals surface area contributed by atoms with E-state index >= 15 is 0 Å². The van der Waals surface area contributed by atoms with Gasteiger partial charge in [-0.3, -0.25) is 19.5 Å². The largest absolute Gasteiger partial charge is 0.416 e. The normalized spacial score (nSPS) is 14.4. The molecule has 0 bridgehead atoms. The Morgan fingerprint density at radius 2 is 1.68 bits per heavy atom. The van der Waals surface area contributed by atoms with Crippen LogP contribution in [0.15, 0.2) is 97.1 Å². The van der Waals surface area contributed by atoms with E-state index in [1.807, 2.05) is 54.6 Å². The Balaban J connectivity index is 1.08. The van der Waals surface area contributed by atoms with Crippen molar-refractivity contribution in [2.24, 2.45) is 0 Å². The Bertz CT molecular complexity index is 2030. The molecule has 0 saturated carbocycles. The topological polar surface area (TPSA) is 107 Å². The summed E-state index contributed by atoms with van der Waals surface area (Å²) in [6.07, 6.45) is -4.08. The molecule has 4 aromatic carbocycles. The summed E-state index contributed by atoms with van der Waals surface area (Å²) in [4.78, 5) is 39.9. The maximum atomic E-state index is 13.4. The minimum Gasteiger partial charge on any atom is -0.350 e. The average Bonchev–Trinajstić information content (AvgIpc) is 3.73. The molecule has 1 saturated heterocycles. The molecule has 1 fully saturated rings. The number of fused-ring (bicyclic) bond motifs is 1. The van der Waals surface area contributed by atoms with Crippen molar-refractivity contribution in [2.45, 2.75) is 18.6 Å². The Labute approximate surface area is 268 Å². The number of aromatic amines is 1. The molecule has 3 amide bonds. The van der Waals surface area contributed by atoms with Crippen molar-refractivity contribution in [1.29, 1.82) is 0 Å². The number of halogens is 3. The summed E-state index contributed by atoms with van der Waals surface area (Å²) in [6.45, 7) is 0.252. The Morgan fingerprint density at radius 1 is 0.894 bits per heavy atom. The third-order valence-electron chi connectivity index (χ3n) is 7.84. The molecule has 3 N–H and O–H groups in total. The van der Waals surface area contributed by atoms with Crippen LogP contribution in [0.3, 0.4) is 0 Å². The van der Waals surface area contributed by atoms with Gasteiger partial charge in [0.2, 0.25) is 5.91 Å². The summed E-state index contributed by atoms with van der Waals surface area (Å²) < 4.78 is 38.9. The van der Waals surface area contributed by atoms with Crippen LogP contribution in [0.4, 0.5) is 13.2 Å². The third-order valence-corrected chi connectivity index (χ3v) is 7.84. The van der Waals surface area contributed by atoms with Crippen LogP contribution in [-0.4, -0.2) is 58.5 Å². The van der Waals surface area contributed by atoms with Crippen LogP contribution in [0.2, 0.25) is 0 Å². The average molecular weight is 636 g/mol. The second kappa shape index (κ2) is 13.2. The predicted molar refractivity (Wildman–Crippen MR) is 170 cm³/mol. The van der Waals surface area contributed by atoms with Crippen LogP contribution >= 0.6 is 0 Å². The number of H-pyrrole nitrogens is 1. The first-order chi connectivity index (χ1) is 22.7. The fourth-order valence-electron chi connectivity index (χ4n) is 5.45. The number of aromatic nitrogens is 2. The van der Waals surface area contributed by atoms with Gasteiger partial charge in [-0.1, -0.05) is 60.5 Å².